The first kappa shape index (κ1) is 15.9. The van der Waals surface area contributed by atoms with Crippen molar-refractivity contribution in [3.63, 3.8) is 0 Å². The van der Waals surface area contributed by atoms with E-state index >= 15 is 0 Å². The van der Waals surface area contributed by atoms with Crippen LogP contribution in [-0.4, -0.2) is 12.6 Å². The van der Waals surface area contributed by atoms with E-state index in [1.54, 1.807) is 0 Å². The lowest BCUT2D eigenvalue weighted by molar-refractivity contribution is 0.222. The first-order valence-electron chi connectivity index (χ1n) is 7.96. The second-order valence-corrected chi connectivity index (χ2v) is 6.63. The minimum absolute atomic E-state index is 0.0853. The number of rotatable bonds is 4. The molecule has 0 aliphatic heterocycles. The van der Waals surface area contributed by atoms with Crippen molar-refractivity contribution in [3.8, 4) is 0 Å². The van der Waals surface area contributed by atoms with Gasteiger partial charge in [-0.2, -0.15) is 0 Å². The Morgan fingerprint density at radius 3 is 2.52 bits per heavy atom. The summed E-state index contributed by atoms with van der Waals surface area (Å²) in [5.74, 6) is 0. The van der Waals surface area contributed by atoms with Crippen molar-refractivity contribution in [1.82, 2.24) is 5.32 Å². The number of hydrogen-bond donors (Lipinski definition) is 2. The molecule has 1 saturated carbocycles. The Kier molecular flexibility index (Phi) is 4.58. The number of nitrogens with one attached hydrogen (secondary N) is 2. The van der Waals surface area contributed by atoms with E-state index in [0.29, 0.717) is 11.6 Å². The third kappa shape index (κ3) is 3.35. The molecule has 2 aromatic rings. The average Bonchev–Trinajstić information content (AvgIpc) is 2.52. The predicted molar refractivity (Wildman–Crippen MR) is 95.2 cm³/mol. The molecule has 0 radical (unpaired) electrons. The molecule has 2 aromatic carbocycles. The van der Waals surface area contributed by atoms with Gasteiger partial charge >= 0.3 is 6.03 Å². The molecule has 0 atom stereocenters. The molecule has 0 saturated heterocycles. The maximum atomic E-state index is 12.2. The Labute approximate surface area is 142 Å². The monoisotopic (exact) mass is 328 g/mol. The molecule has 2 amide bonds. The summed E-state index contributed by atoms with van der Waals surface area (Å²) >= 11 is 6.09. The summed E-state index contributed by atoms with van der Waals surface area (Å²) in [7, 11) is 0. The first-order chi connectivity index (χ1) is 11.1. The molecule has 120 valence electrons. The number of carbonyl (C=O) groups is 1. The maximum absolute atomic E-state index is 12.2. The summed E-state index contributed by atoms with van der Waals surface area (Å²) < 4.78 is 0. The number of anilines is 1. The zero-order valence-electron chi connectivity index (χ0n) is 13.2. The van der Waals surface area contributed by atoms with E-state index in [1.165, 1.54) is 12.0 Å². The lowest BCUT2D eigenvalue weighted by atomic mass is 9.64. The number of carbonyl (C=O) groups excluding carboxylic acids is 1. The molecule has 23 heavy (non-hydrogen) atoms. The van der Waals surface area contributed by atoms with Gasteiger partial charge in [-0.25, -0.2) is 4.79 Å². The van der Waals surface area contributed by atoms with E-state index in [4.69, 9.17) is 11.6 Å². The molecule has 0 unspecified atom stereocenters. The van der Waals surface area contributed by atoms with Crippen LogP contribution < -0.4 is 10.6 Å². The fraction of sp³-hybridized carbons (Fsp3) is 0.316. The van der Waals surface area contributed by atoms with Crippen molar-refractivity contribution < 1.29 is 4.79 Å². The van der Waals surface area contributed by atoms with Gasteiger partial charge < -0.3 is 10.6 Å². The predicted octanol–water partition coefficient (Wildman–Crippen LogP) is 4.89. The van der Waals surface area contributed by atoms with Gasteiger partial charge in [0.25, 0.3) is 0 Å². The lowest BCUT2D eigenvalue weighted by Crippen LogP contribution is -2.46. The molecule has 0 aromatic heterocycles. The maximum Gasteiger partial charge on any atom is 0.319 e. The van der Waals surface area contributed by atoms with Crippen LogP contribution in [0.15, 0.2) is 48.5 Å². The van der Waals surface area contributed by atoms with Crippen LogP contribution in [0.1, 0.15) is 30.4 Å². The van der Waals surface area contributed by atoms with Crippen molar-refractivity contribution in [2.75, 3.05) is 11.9 Å². The molecular formula is C19H21ClN2O. The van der Waals surface area contributed by atoms with E-state index in [1.807, 2.05) is 31.2 Å². The molecule has 1 aliphatic carbocycles. The summed E-state index contributed by atoms with van der Waals surface area (Å²) in [4.78, 5) is 12.2. The van der Waals surface area contributed by atoms with Crippen molar-refractivity contribution in [2.24, 2.45) is 0 Å². The van der Waals surface area contributed by atoms with Crippen molar-refractivity contribution in [2.45, 2.75) is 31.6 Å². The molecule has 3 nitrogen and oxygen atoms in total. The normalized spacial score (nSPS) is 15.6. The molecule has 2 N–H and O–H groups in total. The van der Waals surface area contributed by atoms with E-state index in [9.17, 15) is 4.79 Å². The molecule has 0 bridgehead atoms. The molecule has 0 spiro atoms. The molecule has 0 heterocycles. The summed E-state index contributed by atoms with van der Waals surface area (Å²) in [6.45, 7) is 2.55. The number of urea groups is 1. The minimum atomic E-state index is -0.183. The minimum Gasteiger partial charge on any atom is -0.337 e. The molecular weight excluding hydrogens is 308 g/mol. The van der Waals surface area contributed by atoms with Gasteiger partial charge in [-0.05, 0) is 43.0 Å². The van der Waals surface area contributed by atoms with Gasteiger partial charge in [-0.3, -0.25) is 0 Å². The fourth-order valence-electron chi connectivity index (χ4n) is 3.12. The van der Waals surface area contributed by atoms with Gasteiger partial charge in [0.05, 0.1) is 0 Å². The molecule has 1 fully saturated rings. The Balaban J connectivity index is 1.63. The third-order valence-corrected chi connectivity index (χ3v) is 5.21. The van der Waals surface area contributed by atoms with Gasteiger partial charge in [-0.1, -0.05) is 54.4 Å². The quantitative estimate of drug-likeness (QED) is 0.824. The molecule has 1 aliphatic rings. The highest BCUT2D eigenvalue weighted by Gasteiger charge is 2.38. The van der Waals surface area contributed by atoms with Gasteiger partial charge in [-0.15, -0.1) is 0 Å². The average molecular weight is 329 g/mol. The van der Waals surface area contributed by atoms with Crippen LogP contribution >= 0.6 is 11.6 Å². The second kappa shape index (κ2) is 6.63. The van der Waals surface area contributed by atoms with Crippen LogP contribution in [0.3, 0.4) is 0 Å². The van der Waals surface area contributed by atoms with Gasteiger partial charge in [0.15, 0.2) is 0 Å². The number of benzene rings is 2. The summed E-state index contributed by atoms with van der Waals surface area (Å²) in [6, 6.07) is 15.8. The van der Waals surface area contributed by atoms with Crippen molar-refractivity contribution in [1.29, 1.82) is 0 Å². The number of amides is 2. The summed E-state index contributed by atoms with van der Waals surface area (Å²) in [5.41, 5.74) is 3.02. The number of halogens is 1. The number of hydrogen-bond acceptors (Lipinski definition) is 1. The van der Waals surface area contributed by atoms with Crippen LogP contribution in [0.5, 0.6) is 0 Å². The Morgan fingerprint density at radius 2 is 1.87 bits per heavy atom. The summed E-state index contributed by atoms with van der Waals surface area (Å²) in [5, 5.41) is 6.57. The largest absolute Gasteiger partial charge is 0.337 e. The van der Waals surface area contributed by atoms with E-state index in [-0.39, 0.29) is 11.4 Å². The van der Waals surface area contributed by atoms with Crippen LogP contribution in [0, 0.1) is 6.92 Å². The van der Waals surface area contributed by atoms with Gasteiger partial charge in [0.2, 0.25) is 0 Å². The molecule has 4 heteroatoms. The fourth-order valence-corrected chi connectivity index (χ4v) is 3.30. The Bertz CT molecular complexity index is 696. The lowest BCUT2D eigenvalue weighted by Gasteiger charge is -2.42. The van der Waals surface area contributed by atoms with E-state index < -0.39 is 0 Å². The highest BCUT2D eigenvalue weighted by molar-refractivity contribution is 6.31. The SMILES string of the molecule is Cc1c(Cl)cccc1NC(=O)NCC1(c2ccccc2)CCC1. The van der Waals surface area contributed by atoms with Crippen LogP contribution in [-0.2, 0) is 5.41 Å². The van der Waals surface area contributed by atoms with Crippen molar-refractivity contribution in [3.05, 3.63) is 64.7 Å². The highest BCUT2D eigenvalue weighted by atomic mass is 35.5. The van der Waals surface area contributed by atoms with E-state index in [2.05, 4.69) is 34.9 Å². The first-order valence-corrected chi connectivity index (χ1v) is 8.34. The second-order valence-electron chi connectivity index (χ2n) is 6.22. The zero-order chi connectivity index (χ0) is 16.3. The van der Waals surface area contributed by atoms with Crippen LogP contribution in [0.25, 0.3) is 0 Å². The Morgan fingerprint density at radius 1 is 1.13 bits per heavy atom. The van der Waals surface area contributed by atoms with Gasteiger partial charge in [0.1, 0.15) is 0 Å². The third-order valence-electron chi connectivity index (χ3n) is 4.80. The highest BCUT2D eigenvalue weighted by Crippen LogP contribution is 2.43. The van der Waals surface area contributed by atoms with Crippen LogP contribution in [0.2, 0.25) is 5.02 Å². The summed E-state index contributed by atoms with van der Waals surface area (Å²) in [6.07, 6.45) is 3.45. The van der Waals surface area contributed by atoms with Crippen LogP contribution in [0.4, 0.5) is 10.5 Å². The Hall–Kier alpha value is -2.00. The molecule has 3 rings (SSSR count). The van der Waals surface area contributed by atoms with E-state index in [0.717, 1.165) is 24.1 Å². The standard InChI is InChI=1S/C19H21ClN2O/c1-14-16(20)9-5-10-17(14)22-18(23)21-13-19(11-6-12-19)15-7-3-2-4-8-15/h2-5,7-10H,6,11-13H2,1H3,(H2,21,22,23). The topological polar surface area (TPSA) is 41.1 Å². The van der Waals surface area contributed by atoms with Crippen molar-refractivity contribution >= 4 is 23.3 Å². The zero-order valence-corrected chi connectivity index (χ0v) is 14.0. The van der Waals surface area contributed by atoms with Gasteiger partial charge in [0, 0.05) is 22.7 Å². The smallest absolute Gasteiger partial charge is 0.319 e.